The fourth-order valence-corrected chi connectivity index (χ4v) is 5.93. The number of hydrogen-bond acceptors (Lipinski definition) is 6. The number of alkyl halides is 3. The molecule has 0 saturated heterocycles. The maximum atomic E-state index is 13.5. The summed E-state index contributed by atoms with van der Waals surface area (Å²) in [5, 5.41) is 1.85. The number of nitrogens with one attached hydrogen (secondary N) is 1. The molecule has 36 heavy (non-hydrogen) atoms. The molecule has 0 saturated carbocycles. The molecule has 0 radical (unpaired) electrons. The van der Waals surface area contributed by atoms with Gasteiger partial charge in [-0.05, 0) is 47.9 Å². The summed E-state index contributed by atoms with van der Waals surface area (Å²) in [7, 11) is -3.93. The van der Waals surface area contributed by atoms with Crippen LogP contribution in [0.25, 0.3) is 11.1 Å². The molecule has 1 aliphatic rings. The average molecular weight is 536 g/mol. The van der Waals surface area contributed by atoms with Crippen LogP contribution in [0.15, 0.2) is 71.2 Å². The lowest BCUT2D eigenvalue weighted by Crippen LogP contribution is -2.18. The summed E-state index contributed by atoms with van der Waals surface area (Å²) in [6.07, 6.45) is -1.46. The number of benzene rings is 2. The molecule has 0 fully saturated rings. The summed E-state index contributed by atoms with van der Waals surface area (Å²) in [5.74, 6) is -0.820. The number of ether oxygens (including phenoxy) is 1. The number of fused-ring (bicyclic) bond motifs is 1. The largest absolute Gasteiger partial charge is 0.493 e. The van der Waals surface area contributed by atoms with E-state index in [1.165, 1.54) is 36.7 Å². The predicted octanol–water partition coefficient (Wildman–Crippen LogP) is 6.08. The Bertz CT molecular complexity index is 1510. The first-order chi connectivity index (χ1) is 17.1. The molecule has 12 heteroatoms. The number of sulfonamides is 1. The van der Waals surface area contributed by atoms with E-state index in [4.69, 9.17) is 4.74 Å². The van der Waals surface area contributed by atoms with Crippen molar-refractivity contribution in [2.75, 3.05) is 11.3 Å². The van der Waals surface area contributed by atoms with Crippen LogP contribution in [-0.2, 0) is 16.2 Å². The molecule has 0 unspecified atom stereocenters. The van der Waals surface area contributed by atoms with E-state index in [2.05, 4.69) is 14.7 Å². The molecular formula is C24H17F4N3O3S2. The van der Waals surface area contributed by atoms with Gasteiger partial charge >= 0.3 is 6.18 Å². The van der Waals surface area contributed by atoms with E-state index in [1.807, 2.05) is 0 Å². The number of thiazole rings is 1. The molecule has 6 nitrogen and oxygen atoms in total. The van der Waals surface area contributed by atoms with E-state index >= 15 is 0 Å². The van der Waals surface area contributed by atoms with Crippen molar-refractivity contribution in [3.63, 3.8) is 0 Å². The number of nitrogens with zero attached hydrogens (tertiary/aromatic N) is 2. The highest BCUT2D eigenvalue weighted by Gasteiger charge is 2.33. The highest BCUT2D eigenvalue weighted by Crippen LogP contribution is 2.44. The fraction of sp³-hybridized carbons (Fsp3) is 0.167. The van der Waals surface area contributed by atoms with Crippen molar-refractivity contribution in [3.8, 4) is 16.9 Å². The van der Waals surface area contributed by atoms with Crippen molar-refractivity contribution in [2.24, 2.45) is 0 Å². The maximum Gasteiger partial charge on any atom is 0.416 e. The number of anilines is 1. The van der Waals surface area contributed by atoms with E-state index < -0.39 is 27.7 Å². The number of halogens is 4. The second kappa shape index (κ2) is 9.17. The van der Waals surface area contributed by atoms with Gasteiger partial charge < -0.3 is 4.74 Å². The molecule has 2 aromatic carbocycles. The molecule has 0 spiro atoms. The standard InChI is InChI=1S/C24H17F4N3O3S2/c25-22-6-1-14(13-30-22)20-11-15(24(26,27)28)2-4-17(20)18-7-9-34-21-12-16(3-5-19(18)21)36(32,33)31-23-29-8-10-35-23/h1-6,8,10-13,18H,7,9H2,(H,29,31)/t18-/m0/s1. The third-order valence-electron chi connectivity index (χ3n) is 5.78. The number of hydrogen-bond donors (Lipinski definition) is 1. The van der Waals surface area contributed by atoms with E-state index in [1.54, 1.807) is 11.4 Å². The van der Waals surface area contributed by atoms with Gasteiger partial charge in [0.2, 0.25) is 5.95 Å². The van der Waals surface area contributed by atoms with Crippen LogP contribution in [0, 0.1) is 5.95 Å². The first kappa shape index (κ1) is 24.2. The third kappa shape index (κ3) is 4.78. The van der Waals surface area contributed by atoms with Gasteiger partial charge in [0.25, 0.3) is 10.0 Å². The van der Waals surface area contributed by atoms with Crippen LogP contribution in [0.2, 0.25) is 0 Å². The van der Waals surface area contributed by atoms with E-state index in [-0.39, 0.29) is 28.1 Å². The van der Waals surface area contributed by atoms with Crippen molar-refractivity contribution < 1.29 is 30.7 Å². The molecule has 4 aromatic rings. The van der Waals surface area contributed by atoms with Gasteiger partial charge in [-0.3, -0.25) is 4.72 Å². The van der Waals surface area contributed by atoms with Gasteiger partial charge in [0.05, 0.1) is 17.1 Å². The van der Waals surface area contributed by atoms with Gasteiger partial charge in [-0.25, -0.2) is 18.4 Å². The lowest BCUT2D eigenvalue weighted by molar-refractivity contribution is -0.137. The monoisotopic (exact) mass is 535 g/mol. The number of pyridine rings is 1. The summed E-state index contributed by atoms with van der Waals surface area (Å²) in [6, 6.07) is 10.3. The zero-order valence-electron chi connectivity index (χ0n) is 18.3. The van der Waals surface area contributed by atoms with Gasteiger partial charge in [0, 0.05) is 40.9 Å². The molecule has 0 bridgehead atoms. The Balaban J connectivity index is 1.57. The van der Waals surface area contributed by atoms with Gasteiger partial charge in [0.15, 0.2) is 5.13 Å². The molecule has 0 amide bonds. The first-order valence-electron chi connectivity index (χ1n) is 10.6. The number of rotatable bonds is 5. The van der Waals surface area contributed by atoms with Crippen LogP contribution >= 0.6 is 11.3 Å². The normalized spacial score (nSPS) is 15.7. The number of aromatic nitrogens is 2. The highest BCUT2D eigenvalue weighted by molar-refractivity contribution is 7.93. The summed E-state index contributed by atoms with van der Waals surface area (Å²) >= 11 is 1.13. The quantitative estimate of drug-likeness (QED) is 0.248. The Morgan fingerprint density at radius 2 is 1.83 bits per heavy atom. The molecule has 1 atom stereocenters. The topological polar surface area (TPSA) is 81.2 Å². The Kier molecular flexibility index (Phi) is 6.17. The van der Waals surface area contributed by atoms with Crippen molar-refractivity contribution in [3.05, 3.63) is 88.9 Å². The van der Waals surface area contributed by atoms with Gasteiger partial charge in [-0.2, -0.15) is 17.6 Å². The van der Waals surface area contributed by atoms with Crippen molar-refractivity contribution >= 4 is 26.5 Å². The molecule has 2 aromatic heterocycles. The summed E-state index contributed by atoms with van der Waals surface area (Å²) in [5.41, 5.74) is 0.949. The van der Waals surface area contributed by atoms with E-state index in [0.29, 0.717) is 28.9 Å². The van der Waals surface area contributed by atoms with Crippen LogP contribution in [0.5, 0.6) is 5.75 Å². The zero-order chi connectivity index (χ0) is 25.5. The lowest BCUT2D eigenvalue weighted by Gasteiger charge is -2.29. The predicted molar refractivity (Wildman–Crippen MR) is 126 cm³/mol. The van der Waals surface area contributed by atoms with E-state index in [0.717, 1.165) is 29.5 Å². The summed E-state index contributed by atoms with van der Waals surface area (Å²) < 4.78 is 87.6. The first-order valence-corrected chi connectivity index (χ1v) is 13.0. The summed E-state index contributed by atoms with van der Waals surface area (Å²) in [4.78, 5) is 7.48. The van der Waals surface area contributed by atoms with Gasteiger partial charge in [-0.1, -0.05) is 12.1 Å². The maximum absolute atomic E-state index is 13.5. The molecular weight excluding hydrogens is 518 g/mol. The fourth-order valence-electron chi connectivity index (χ4n) is 4.13. The molecule has 1 N–H and O–H groups in total. The van der Waals surface area contributed by atoms with E-state index in [9.17, 15) is 26.0 Å². The lowest BCUT2D eigenvalue weighted by atomic mass is 9.82. The minimum Gasteiger partial charge on any atom is -0.493 e. The molecule has 3 heterocycles. The smallest absolute Gasteiger partial charge is 0.416 e. The Labute approximate surface area is 207 Å². The van der Waals surface area contributed by atoms with Crippen LogP contribution in [-0.4, -0.2) is 25.0 Å². The highest BCUT2D eigenvalue weighted by atomic mass is 32.2. The van der Waals surface area contributed by atoms with Crippen LogP contribution in [0.4, 0.5) is 22.7 Å². The van der Waals surface area contributed by atoms with Crippen LogP contribution in [0.1, 0.15) is 29.0 Å². The average Bonchev–Trinajstić information content (AvgIpc) is 3.35. The summed E-state index contributed by atoms with van der Waals surface area (Å²) in [6.45, 7) is 0.225. The third-order valence-corrected chi connectivity index (χ3v) is 7.94. The Morgan fingerprint density at radius 1 is 1.03 bits per heavy atom. The minimum absolute atomic E-state index is 0.0347. The Hall–Kier alpha value is -3.51. The van der Waals surface area contributed by atoms with Crippen LogP contribution in [0.3, 0.4) is 0 Å². The van der Waals surface area contributed by atoms with Gasteiger partial charge in [-0.15, -0.1) is 11.3 Å². The van der Waals surface area contributed by atoms with Gasteiger partial charge in [0.1, 0.15) is 5.75 Å². The Morgan fingerprint density at radius 3 is 2.53 bits per heavy atom. The molecule has 1 aliphatic heterocycles. The molecule has 0 aliphatic carbocycles. The SMILES string of the molecule is O=S(=O)(Nc1nccs1)c1ccc2c(c1)OCC[C@H]2c1ccc(C(F)(F)F)cc1-c1ccc(F)nc1. The van der Waals surface area contributed by atoms with Crippen molar-refractivity contribution in [1.82, 2.24) is 9.97 Å². The van der Waals surface area contributed by atoms with Crippen molar-refractivity contribution in [2.45, 2.75) is 23.4 Å². The van der Waals surface area contributed by atoms with Crippen LogP contribution < -0.4 is 9.46 Å². The zero-order valence-corrected chi connectivity index (χ0v) is 19.9. The second-order valence-electron chi connectivity index (χ2n) is 8.00. The minimum atomic E-state index is -4.57. The second-order valence-corrected chi connectivity index (χ2v) is 10.6. The van der Waals surface area contributed by atoms with Crippen molar-refractivity contribution in [1.29, 1.82) is 0 Å². The molecule has 186 valence electrons. The molecule has 5 rings (SSSR count).